The summed E-state index contributed by atoms with van der Waals surface area (Å²) in [5.41, 5.74) is 1.15. The average Bonchev–Trinajstić information content (AvgIpc) is 3.32. The van der Waals surface area contributed by atoms with E-state index in [0.717, 1.165) is 10.1 Å². The topological polar surface area (TPSA) is 63.2 Å². The Morgan fingerprint density at radius 1 is 1.23 bits per heavy atom. The molecule has 0 aliphatic carbocycles. The number of hydrogen-bond acceptors (Lipinski definition) is 6. The van der Waals surface area contributed by atoms with Crippen LogP contribution in [0.2, 0.25) is 10.0 Å². The van der Waals surface area contributed by atoms with Crippen LogP contribution in [0.3, 0.4) is 0 Å². The number of aromatic nitrogens is 1. The van der Waals surface area contributed by atoms with Crippen LogP contribution in [0.1, 0.15) is 9.67 Å². The largest absolute Gasteiger partial charge is 0.494 e. The average molecular weight is 512 g/mol. The molecule has 2 aromatic carbocycles. The number of thiophene rings is 1. The maximum Gasteiger partial charge on any atom is 0.269 e. The fraction of sp³-hybridized carbons (Fsp3) is 0.0500. The van der Waals surface area contributed by atoms with Gasteiger partial charge in [-0.2, -0.15) is 0 Å². The molecule has 0 bridgehead atoms. The number of benzene rings is 2. The second kappa shape index (κ2) is 9.05. The van der Waals surface area contributed by atoms with Gasteiger partial charge in [0.05, 0.1) is 17.8 Å². The summed E-state index contributed by atoms with van der Waals surface area (Å²) in [6, 6.07) is 9.81. The molecule has 158 valence electrons. The number of thiazole rings is 1. The van der Waals surface area contributed by atoms with Gasteiger partial charge in [-0.05, 0) is 42.5 Å². The van der Waals surface area contributed by atoms with Crippen LogP contribution in [-0.4, -0.2) is 23.1 Å². The zero-order valence-electron chi connectivity index (χ0n) is 15.7. The number of fused-ring (bicyclic) bond motifs is 1. The predicted molar refractivity (Wildman–Crippen MR) is 130 cm³/mol. The molecule has 2 heterocycles. The lowest BCUT2D eigenvalue weighted by Gasteiger charge is -2.06. The lowest BCUT2D eigenvalue weighted by Crippen LogP contribution is -2.33. The van der Waals surface area contributed by atoms with E-state index in [1.807, 2.05) is 0 Å². The molecule has 4 aromatic rings. The highest BCUT2D eigenvalue weighted by Crippen LogP contribution is 2.36. The van der Waals surface area contributed by atoms with Gasteiger partial charge in [0.1, 0.15) is 4.88 Å². The van der Waals surface area contributed by atoms with Gasteiger partial charge in [0, 0.05) is 26.1 Å². The predicted octanol–water partition coefficient (Wildman–Crippen LogP) is 6.61. The molecule has 0 radical (unpaired) electrons. The zero-order valence-corrected chi connectivity index (χ0v) is 19.6. The van der Waals surface area contributed by atoms with Gasteiger partial charge in [-0.15, -0.1) is 22.7 Å². The Kier molecular flexibility index (Phi) is 6.40. The van der Waals surface area contributed by atoms with E-state index in [1.54, 1.807) is 29.6 Å². The maximum absolute atomic E-state index is 13.9. The van der Waals surface area contributed by atoms with Gasteiger partial charge in [-0.25, -0.2) is 9.37 Å². The van der Waals surface area contributed by atoms with Crippen LogP contribution < -0.4 is 15.4 Å². The number of rotatable bonds is 4. The maximum atomic E-state index is 13.9. The number of carbonyl (C=O) groups is 1. The molecule has 2 aromatic heterocycles. The molecular formula is C20H12Cl2FN3O2S3. The molecule has 11 heteroatoms. The highest BCUT2D eigenvalue weighted by molar-refractivity contribution is 7.80. The molecule has 0 saturated heterocycles. The normalized spacial score (nSPS) is 10.8. The summed E-state index contributed by atoms with van der Waals surface area (Å²) in [5.74, 6) is -0.760. The van der Waals surface area contributed by atoms with Gasteiger partial charge >= 0.3 is 0 Å². The third-order valence-electron chi connectivity index (χ3n) is 4.20. The summed E-state index contributed by atoms with van der Waals surface area (Å²) in [7, 11) is 1.40. The minimum absolute atomic E-state index is 0.0679. The second-order valence-electron chi connectivity index (χ2n) is 6.18. The molecule has 0 spiro atoms. The Labute approximate surface area is 199 Å². The van der Waals surface area contributed by atoms with E-state index >= 15 is 0 Å². The van der Waals surface area contributed by atoms with E-state index in [1.165, 1.54) is 41.9 Å². The van der Waals surface area contributed by atoms with Crippen molar-refractivity contribution in [2.45, 2.75) is 0 Å². The van der Waals surface area contributed by atoms with E-state index in [-0.39, 0.29) is 10.9 Å². The molecule has 0 unspecified atom stereocenters. The summed E-state index contributed by atoms with van der Waals surface area (Å²) < 4.78 is 19.7. The first-order chi connectivity index (χ1) is 14.9. The van der Waals surface area contributed by atoms with Crippen LogP contribution in [0.4, 0.5) is 9.52 Å². The van der Waals surface area contributed by atoms with Crippen molar-refractivity contribution in [1.29, 1.82) is 0 Å². The van der Waals surface area contributed by atoms with Crippen LogP contribution >= 0.6 is 58.1 Å². The molecule has 31 heavy (non-hydrogen) atoms. The van der Waals surface area contributed by atoms with Crippen LogP contribution in [0, 0.1) is 5.82 Å². The first kappa shape index (κ1) is 21.9. The van der Waals surface area contributed by atoms with Gasteiger partial charge in [0.2, 0.25) is 0 Å². The van der Waals surface area contributed by atoms with Crippen molar-refractivity contribution >= 4 is 84.3 Å². The van der Waals surface area contributed by atoms with Crippen molar-refractivity contribution in [3.8, 4) is 17.0 Å². The van der Waals surface area contributed by atoms with Gasteiger partial charge in [0.25, 0.3) is 5.91 Å². The lowest BCUT2D eigenvalue weighted by atomic mass is 10.1. The second-order valence-corrected chi connectivity index (χ2v) is 9.31. The Balaban J connectivity index is 1.45. The van der Waals surface area contributed by atoms with Crippen molar-refractivity contribution in [1.82, 2.24) is 10.3 Å². The Hall–Kier alpha value is -2.30. The molecule has 0 fully saturated rings. The van der Waals surface area contributed by atoms with Crippen molar-refractivity contribution in [2.24, 2.45) is 0 Å². The summed E-state index contributed by atoms with van der Waals surface area (Å²) in [4.78, 5) is 17.3. The third-order valence-corrected chi connectivity index (χ3v) is 7.05. The monoisotopic (exact) mass is 511 g/mol. The van der Waals surface area contributed by atoms with Gasteiger partial charge in [0.15, 0.2) is 21.8 Å². The van der Waals surface area contributed by atoms with Gasteiger partial charge < -0.3 is 10.1 Å². The molecule has 0 atom stereocenters. The molecule has 5 nitrogen and oxygen atoms in total. The number of nitrogens with one attached hydrogen (secondary N) is 2. The Bertz CT molecular complexity index is 1320. The number of carbonyl (C=O) groups excluding carboxylic acids is 1. The molecule has 2 N–H and O–H groups in total. The highest BCUT2D eigenvalue weighted by Gasteiger charge is 2.19. The van der Waals surface area contributed by atoms with Crippen molar-refractivity contribution in [2.75, 3.05) is 12.4 Å². The minimum Gasteiger partial charge on any atom is -0.494 e. The van der Waals surface area contributed by atoms with Gasteiger partial charge in [-0.3, -0.25) is 10.1 Å². The van der Waals surface area contributed by atoms with Crippen LogP contribution in [-0.2, 0) is 0 Å². The smallest absolute Gasteiger partial charge is 0.269 e. The van der Waals surface area contributed by atoms with Crippen LogP contribution in [0.5, 0.6) is 5.75 Å². The van der Waals surface area contributed by atoms with Crippen molar-refractivity contribution in [3.05, 3.63) is 62.5 Å². The van der Waals surface area contributed by atoms with E-state index in [2.05, 4.69) is 15.6 Å². The summed E-state index contributed by atoms with van der Waals surface area (Å²) in [5, 5.41) is 9.38. The third kappa shape index (κ3) is 4.65. The quantitative estimate of drug-likeness (QED) is 0.302. The fourth-order valence-electron chi connectivity index (χ4n) is 2.76. The first-order valence-corrected chi connectivity index (χ1v) is 11.5. The van der Waals surface area contributed by atoms with Crippen LogP contribution in [0.15, 0.2) is 41.8 Å². The number of anilines is 1. The van der Waals surface area contributed by atoms with E-state index in [9.17, 15) is 9.18 Å². The number of amides is 1. The molecule has 0 aliphatic heterocycles. The SMILES string of the molecule is COc1ccc(-c2csc(NC(=S)NC(=O)c3sc4cc(Cl)ccc4c3Cl)n2)cc1F. The van der Waals surface area contributed by atoms with E-state index in [4.69, 9.17) is 40.2 Å². The Morgan fingerprint density at radius 3 is 2.77 bits per heavy atom. The number of halogens is 3. The molecule has 0 saturated carbocycles. The highest BCUT2D eigenvalue weighted by atomic mass is 35.5. The molecular weight excluding hydrogens is 500 g/mol. The first-order valence-electron chi connectivity index (χ1n) is 8.65. The van der Waals surface area contributed by atoms with Crippen molar-refractivity contribution in [3.63, 3.8) is 0 Å². The molecule has 0 aliphatic rings. The minimum atomic E-state index is -0.480. The fourth-order valence-corrected chi connectivity index (χ4v) is 5.43. The molecule has 4 rings (SSSR count). The Morgan fingerprint density at radius 2 is 2.03 bits per heavy atom. The molecule has 1 amide bonds. The summed E-state index contributed by atoms with van der Waals surface area (Å²) in [6.45, 7) is 0. The number of hydrogen-bond donors (Lipinski definition) is 2. The number of ether oxygens (including phenoxy) is 1. The summed E-state index contributed by atoms with van der Waals surface area (Å²) >= 11 is 20.1. The zero-order chi connectivity index (χ0) is 22.1. The standard InChI is InChI=1S/C20H12Cl2FN3O2S3/c1-28-14-5-2-9(6-12(14)23)13-8-30-20(24-13)26-19(29)25-18(27)17-16(22)11-4-3-10(21)7-15(11)31-17/h2-8H,1H3,(H2,24,25,26,27,29). The number of thiocarbonyl (C=S) groups is 1. The van der Waals surface area contributed by atoms with E-state index < -0.39 is 11.7 Å². The summed E-state index contributed by atoms with van der Waals surface area (Å²) in [6.07, 6.45) is 0. The van der Waals surface area contributed by atoms with E-state index in [0.29, 0.717) is 31.3 Å². The van der Waals surface area contributed by atoms with Crippen LogP contribution in [0.25, 0.3) is 21.3 Å². The van der Waals surface area contributed by atoms with Crippen molar-refractivity contribution < 1.29 is 13.9 Å². The number of methoxy groups -OCH3 is 1. The van der Waals surface area contributed by atoms with Gasteiger partial charge in [-0.1, -0.05) is 29.3 Å². The number of nitrogens with zero attached hydrogens (tertiary/aromatic N) is 1. The lowest BCUT2D eigenvalue weighted by molar-refractivity contribution is 0.0982.